The van der Waals surface area contributed by atoms with Crippen molar-refractivity contribution in [2.75, 3.05) is 31.4 Å². The Morgan fingerprint density at radius 1 is 0.800 bits per heavy atom. The molecule has 5 aromatic carbocycles. The SMILES string of the molecule is COc1cc(NC(=O)c2cc(=O)c3ccccc3o2)c(C(=O)Nc2ccc(CCN(Cc3cccc(-n4cnc(C)c4)c3)Cc3ccc4c(cnn4C)c3)cc2)cc1OC. The van der Waals surface area contributed by atoms with Crippen LogP contribution < -0.4 is 25.5 Å². The second kappa shape index (κ2) is 17.1. The van der Waals surface area contributed by atoms with Crippen molar-refractivity contribution in [1.29, 1.82) is 0 Å². The molecular weight excluding hydrogens is 759 g/mol. The first kappa shape index (κ1) is 39.3. The topological polar surface area (TPSA) is 146 Å². The largest absolute Gasteiger partial charge is 0.493 e. The van der Waals surface area contributed by atoms with Crippen molar-refractivity contribution < 1.29 is 23.5 Å². The van der Waals surface area contributed by atoms with Crippen molar-refractivity contribution in [1.82, 2.24) is 24.2 Å². The first-order valence-corrected chi connectivity index (χ1v) is 19.4. The molecule has 0 saturated carbocycles. The maximum atomic E-state index is 13.8. The summed E-state index contributed by atoms with van der Waals surface area (Å²) >= 11 is 0. The summed E-state index contributed by atoms with van der Waals surface area (Å²) in [6, 6.07) is 33.5. The number of aromatic nitrogens is 4. The average molecular weight is 802 g/mol. The number of aryl methyl sites for hydroxylation is 2. The minimum absolute atomic E-state index is 0.112. The lowest BCUT2D eigenvalue weighted by molar-refractivity contribution is 0.0997. The number of hydrogen-bond acceptors (Lipinski definition) is 9. The second-order valence-corrected chi connectivity index (χ2v) is 14.5. The van der Waals surface area contributed by atoms with Gasteiger partial charge in [-0.25, -0.2) is 4.98 Å². The lowest BCUT2D eigenvalue weighted by Gasteiger charge is -2.23. The van der Waals surface area contributed by atoms with E-state index in [0.717, 1.165) is 60.0 Å². The van der Waals surface area contributed by atoms with Gasteiger partial charge >= 0.3 is 0 Å². The number of ether oxygens (including phenoxy) is 2. The molecule has 0 bridgehead atoms. The number of methoxy groups -OCH3 is 2. The normalized spacial score (nSPS) is 11.3. The molecule has 13 nitrogen and oxygen atoms in total. The maximum Gasteiger partial charge on any atom is 0.291 e. The van der Waals surface area contributed by atoms with Crippen molar-refractivity contribution >= 4 is 45.1 Å². The number of carbonyl (C=O) groups is 2. The highest BCUT2D eigenvalue weighted by atomic mass is 16.5. The van der Waals surface area contributed by atoms with Crippen molar-refractivity contribution in [3.8, 4) is 17.2 Å². The molecule has 0 radical (unpaired) electrons. The van der Waals surface area contributed by atoms with E-state index in [0.29, 0.717) is 22.6 Å². The van der Waals surface area contributed by atoms with E-state index in [9.17, 15) is 14.4 Å². The fourth-order valence-corrected chi connectivity index (χ4v) is 7.23. The Labute approximate surface area is 345 Å². The first-order chi connectivity index (χ1) is 29.1. The molecule has 0 aliphatic carbocycles. The van der Waals surface area contributed by atoms with Crippen LogP contribution in [0.2, 0.25) is 0 Å². The Kier molecular flexibility index (Phi) is 11.2. The number of imidazole rings is 1. The highest BCUT2D eigenvalue weighted by Crippen LogP contribution is 2.34. The van der Waals surface area contributed by atoms with Crippen molar-refractivity contribution in [3.05, 3.63) is 172 Å². The van der Waals surface area contributed by atoms with Crippen molar-refractivity contribution in [2.24, 2.45) is 7.05 Å². The third kappa shape index (κ3) is 8.66. The minimum atomic E-state index is -0.712. The number of para-hydroxylation sites is 1. The first-order valence-electron chi connectivity index (χ1n) is 19.4. The number of benzene rings is 5. The van der Waals surface area contributed by atoms with Crippen LogP contribution in [0.5, 0.6) is 11.5 Å². The molecule has 0 atom stereocenters. The summed E-state index contributed by atoms with van der Waals surface area (Å²) in [6.07, 6.45) is 6.52. The number of carbonyl (C=O) groups excluding carboxylic acids is 2. The molecule has 0 spiro atoms. The number of fused-ring (bicyclic) bond motifs is 2. The summed E-state index contributed by atoms with van der Waals surface area (Å²) in [5, 5.41) is 11.5. The smallest absolute Gasteiger partial charge is 0.291 e. The van der Waals surface area contributed by atoms with Gasteiger partial charge in [0.1, 0.15) is 5.58 Å². The van der Waals surface area contributed by atoms with Crippen LogP contribution in [-0.4, -0.2) is 56.8 Å². The van der Waals surface area contributed by atoms with Gasteiger partial charge in [0, 0.05) is 61.8 Å². The fraction of sp³-hybridized carbons (Fsp3) is 0.170. The predicted octanol–water partition coefficient (Wildman–Crippen LogP) is 7.94. The van der Waals surface area contributed by atoms with E-state index >= 15 is 0 Å². The Balaban J connectivity index is 0.984. The van der Waals surface area contributed by atoms with Gasteiger partial charge in [0.2, 0.25) is 0 Å². The van der Waals surface area contributed by atoms with Crippen LogP contribution in [0.3, 0.4) is 0 Å². The van der Waals surface area contributed by atoms with Crippen LogP contribution in [0.1, 0.15) is 43.3 Å². The molecule has 0 saturated heterocycles. The van der Waals surface area contributed by atoms with Crippen LogP contribution in [0.25, 0.3) is 27.6 Å². The number of anilines is 2. The zero-order valence-corrected chi connectivity index (χ0v) is 33.6. The Morgan fingerprint density at radius 3 is 2.32 bits per heavy atom. The summed E-state index contributed by atoms with van der Waals surface area (Å²) in [6.45, 7) is 4.23. The molecule has 2 N–H and O–H groups in total. The van der Waals surface area contributed by atoms with E-state index in [1.54, 1.807) is 24.3 Å². The third-order valence-electron chi connectivity index (χ3n) is 10.3. The van der Waals surface area contributed by atoms with E-state index in [1.165, 1.54) is 37.5 Å². The Bertz CT molecular complexity index is 2910. The Morgan fingerprint density at radius 2 is 1.55 bits per heavy atom. The zero-order chi connectivity index (χ0) is 41.8. The maximum absolute atomic E-state index is 13.8. The molecule has 0 fully saturated rings. The molecule has 8 aromatic rings. The van der Waals surface area contributed by atoms with Crippen LogP contribution in [0.4, 0.5) is 11.4 Å². The zero-order valence-electron chi connectivity index (χ0n) is 33.6. The molecule has 13 heteroatoms. The van der Waals surface area contributed by atoms with Crippen LogP contribution >= 0.6 is 0 Å². The van der Waals surface area contributed by atoms with Gasteiger partial charge in [0.15, 0.2) is 22.7 Å². The van der Waals surface area contributed by atoms with Crippen molar-refractivity contribution in [2.45, 2.75) is 26.4 Å². The summed E-state index contributed by atoms with van der Waals surface area (Å²) in [5.41, 5.74) is 7.30. The number of hydrogen-bond donors (Lipinski definition) is 2. The molecule has 0 aliphatic rings. The predicted molar refractivity (Wildman–Crippen MR) is 231 cm³/mol. The number of amides is 2. The van der Waals surface area contributed by atoms with Gasteiger partial charge in [0.05, 0.1) is 54.6 Å². The van der Waals surface area contributed by atoms with Gasteiger partial charge in [-0.05, 0) is 84.6 Å². The summed E-state index contributed by atoms with van der Waals surface area (Å²) in [5.74, 6) is -0.829. The van der Waals surface area contributed by atoms with Gasteiger partial charge in [0.25, 0.3) is 11.8 Å². The Hall–Kier alpha value is -7.51. The molecule has 3 heterocycles. The van der Waals surface area contributed by atoms with E-state index in [-0.39, 0.29) is 28.0 Å². The summed E-state index contributed by atoms with van der Waals surface area (Å²) in [4.78, 5) is 46.8. The van der Waals surface area contributed by atoms with Gasteiger partial charge in [-0.3, -0.25) is 24.0 Å². The van der Waals surface area contributed by atoms with Gasteiger partial charge < -0.3 is 29.1 Å². The van der Waals surface area contributed by atoms with E-state index in [4.69, 9.17) is 13.9 Å². The molecule has 0 unspecified atom stereocenters. The highest BCUT2D eigenvalue weighted by molar-refractivity contribution is 6.12. The molecule has 60 heavy (non-hydrogen) atoms. The molecule has 8 rings (SSSR count). The van der Waals surface area contributed by atoms with Gasteiger partial charge in [-0.1, -0.05) is 42.5 Å². The molecule has 3 aromatic heterocycles. The molecule has 302 valence electrons. The standard InChI is InChI=1S/C47H43N7O6/c1-30-26-54(29-48-30)36-9-7-8-32(21-36)27-53(28-33-14-17-40-34(20-33)25-49-52(40)2)19-18-31-12-15-35(16-13-31)50-46(56)38-22-43(58-3)44(59-4)23-39(38)51-47(57)45-24-41(55)37-10-5-6-11-42(37)60-45/h5-17,20-26,29H,18-19,27-28H2,1-4H3,(H,50,56)(H,51,57). The lowest BCUT2D eigenvalue weighted by atomic mass is 10.1. The summed E-state index contributed by atoms with van der Waals surface area (Å²) < 4.78 is 20.6. The lowest BCUT2D eigenvalue weighted by Crippen LogP contribution is -2.25. The van der Waals surface area contributed by atoms with Gasteiger partial charge in [-0.15, -0.1) is 0 Å². The average Bonchev–Trinajstić information content (AvgIpc) is 3.87. The van der Waals surface area contributed by atoms with Crippen LogP contribution in [-0.2, 0) is 26.6 Å². The van der Waals surface area contributed by atoms with Crippen LogP contribution in [0, 0.1) is 6.92 Å². The van der Waals surface area contributed by atoms with E-state index < -0.39 is 11.8 Å². The monoisotopic (exact) mass is 801 g/mol. The van der Waals surface area contributed by atoms with Crippen LogP contribution in [0.15, 0.2) is 137 Å². The second-order valence-electron chi connectivity index (χ2n) is 14.5. The van der Waals surface area contributed by atoms with Crippen molar-refractivity contribution in [3.63, 3.8) is 0 Å². The number of nitrogens with one attached hydrogen (secondary N) is 2. The quantitative estimate of drug-likeness (QED) is 0.112. The number of rotatable bonds is 14. The summed E-state index contributed by atoms with van der Waals surface area (Å²) in [7, 11) is 4.86. The third-order valence-corrected chi connectivity index (χ3v) is 10.3. The van der Waals surface area contributed by atoms with Gasteiger partial charge in [-0.2, -0.15) is 5.10 Å². The highest BCUT2D eigenvalue weighted by Gasteiger charge is 2.21. The molecule has 0 aliphatic heterocycles. The minimum Gasteiger partial charge on any atom is -0.493 e. The molecular formula is C47H43N7O6. The molecule has 2 amide bonds. The number of nitrogens with zero attached hydrogens (tertiary/aromatic N) is 5. The fourth-order valence-electron chi connectivity index (χ4n) is 7.23. The van der Waals surface area contributed by atoms with E-state index in [1.807, 2.05) is 66.2 Å². The van der Waals surface area contributed by atoms with E-state index in [2.05, 4.69) is 68.1 Å².